The van der Waals surface area contributed by atoms with Crippen molar-refractivity contribution in [2.45, 2.75) is 5.92 Å². The molecule has 0 aliphatic heterocycles. The summed E-state index contributed by atoms with van der Waals surface area (Å²) in [6.07, 6.45) is 0. The van der Waals surface area contributed by atoms with E-state index in [1.54, 1.807) is 12.1 Å². The van der Waals surface area contributed by atoms with Crippen molar-refractivity contribution in [3.63, 3.8) is 0 Å². The smallest absolute Gasteiger partial charge is 0.295 e. The van der Waals surface area contributed by atoms with Crippen molar-refractivity contribution >= 4 is 0 Å². The van der Waals surface area contributed by atoms with Gasteiger partial charge < -0.3 is 9.84 Å². The van der Waals surface area contributed by atoms with E-state index in [1.807, 2.05) is 18.2 Å². The van der Waals surface area contributed by atoms with Gasteiger partial charge in [0.05, 0.1) is 0 Å². The van der Waals surface area contributed by atoms with Crippen molar-refractivity contribution in [1.29, 1.82) is 0 Å². The standard InChI is InChI=1S/C14H12F2O2/c15-14(16,10-17)11-6-8-13(9-7-11)18-12-4-2-1-3-5-12/h1-9,17H,10H2. The summed E-state index contributed by atoms with van der Waals surface area (Å²) in [6, 6.07) is 14.4. The van der Waals surface area contributed by atoms with E-state index in [-0.39, 0.29) is 5.56 Å². The van der Waals surface area contributed by atoms with Crippen molar-refractivity contribution in [1.82, 2.24) is 0 Å². The Labute approximate surface area is 103 Å². The van der Waals surface area contributed by atoms with Gasteiger partial charge in [0.15, 0.2) is 0 Å². The van der Waals surface area contributed by atoms with Crippen LogP contribution in [0.1, 0.15) is 5.56 Å². The van der Waals surface area contributed by atoms with Crippen LogP contribution in [-0.4, -0.2) is 11.7 Å². The van der Waals surface area contributed by atoms with Crippen molar-refractivity contribution in [2.24, 2.45) is 0 Å². The number of aliphatic hydroxyl groups is 1. The average Bonchev–Trinajstić information content (AvgIpc) is 2.40. The zero-order valence-electron chi connectivity index (χ0n) is 9.51. The lowest BCUT2D eigenvalue weighted by Gasteiger charge is -2.14. The van der Waals surface area contributed by atoms with Gasteiger partial charge in [-0.3, -0.25) is 0 Å². The number of ether oxygens (including phenoxy) is 1. The molecular formula is C14H12F2O2. The zero-order valence-corrected chi connectivity index (χ0v) is 9.51. The number of rotatable bonds is 4. The molecule has 0 saturated carbocycles. The second-order valence-electron chi connectivity index (χ2n) is 3.80. The molecule has 0 unspecified atom stereocenters. The second-order valence-corrected chi connectivity index (χ2v) is 3.80. The molecule has 4 heteroatoms. The molecule has 1 N–H and O–H groups in total. The Bertz CT molecular complexity index is 495. The lowest BCUT2D eigenvalue weighted by Crippen LogP contribution is -2.18. The van der Waals surface area contributed by atoms with Gasteiger partial charge in [0.25, 0.3) is 5.92 Å². The third kappa shape index (κ3) is 2.84. The van der Waals surface area contributed by atoms with Crippen molar-refractivity contribution < 1.29 is 18.6 Å². The maximum atomic E-state index is 13.2. The Morgan fingerprint density at radius 1 is 0.889 bits per heavy atom. The Hall–Kier alpha value is -1.94. The SMILES string of the molecule is OCC(F)(F)c1ccc(Oc2ccccc2)cc1. The van der Waals surface area contributed by atoms with E-state index in [1.165, 1.54) is 24.3 Å². The summed E-state index contributed by atoms with van der Waals surface area (Å²) in [7, 11) is 0. The zero-order chi connectivity index (χ0) is 13.0. The van der Waals surface area contributed by atoms with Gasteiger partial charge in [-0.15, -0.1) is 0 Å². The van der Waals surface area contributed by atoms with E-state index >= 15 is 0 Å². The molecule has 0 aliphatic rings. The maximum absolute atomic E-state index is 13.2. The van der Waals surface area contributed by atoms with Gasteiger partial charge in [0, 0.05) is 5.56 Å². The molecule has 2 aromatic carbocycles. The van der Waals surface area contributed by atoms with Gasteiger partial charge in [0.1, 0.15) is 18.1 Å². The Kier molecular flexibility index (Phi) is 3.58. The van der Waals surface area contributed by atoms with Crippen LogP contribution in [0.2, 0.25) is 0 Å². The molecule has 0 bridgehead atoms. The molecule has 0 aromatic heterocycles. The highest BCUT2D eigenvalue weighted by Crippen LogP contribution is 2.29. The molecule has 94 valence electrons. The molecule has 18 heavy (non-hydrogen) atoms. The summed E-state index contributed by atoms with van der Waals surface area (Å²) in [5.41, 5.74) is -0.231. The van der Waals surface area contributed by atoms with Crippen LogP contribution >= 0.6 is 0 Å². The van der Waals surface area contributed by atoms with Crippen molar-refractivity contribution in [3.05, 3.63) is 60.2 Å². The molecule has 0 fully saturated rings. The van der Waals surface area contributed by atoms with Crippen LogP contribution < -0.4 is 4.74 Å². The number of halogens is 2. The molecule has 0 saturated heterocycles. The van der Waals surface area contributed by atoms with Crippen LogP contribution in [0.15, 0.2) is 54.6 Å². The summed E-state index contributed by atoms with van der Waals surface area (Å²) in [5.74, 6) is -2.11. The molecule has 2 aromatic rings. The number of aliphatic hydroxyl groups excluding tert-OH is 1. The predicted octanol–water partition coefficient (Wildman–Crippen LogP) is 3.56. The number of alkyl halides is 2. The van der Waals surface area contributed by atoms with Crippen LogP contribution in [0.3, 0.4) is 0 Å². The minimum Gasteiger partial charge on any atom is -0.457 e. The number of benzene rings is 2. The topological polar surface area (TPSA) is 29.5 Å². The van der Waals surface area contributed by atoms with Crippen LogP contribution in [-0.2, 0) is 5.92 Å². The summed E-state index contributed by atoms with van der Waals surface area (Å²) in [5, 5.41) is 8.57. The summed E-state index contributed by atoms with van der Waals surface area (Å²) in [6.45, 7) is -1.20. The van der Waals surface area contributed by atoms with E-state index in [4.69, 9.17) is 9.84 Å². The number of para-hydroxylation sites is 1. The average molecular weight is 250 g/mol. The van der Waals surface area contributed by atoms with E-state index < -0.39 is 12.5 Å². The number of hydrogen-bond acceptors (Lipinski definition) is 2. The molecule has 0 aliphatic carbocycles. The first-order valence-corrected chi connectivity index (χ1v) is 5.44. The number of hydrogen-bond donors (Lipinski definition) is 1. The predicted molar refractivity (Wildman–Crippen MR) is 63.9 cm³/mol. The van der Waals surface area contributed by atoms with E-state index in [9.17, 15) is 8.78 Å². The molecular weight excluding hydrogens is 238 g/mol. The van der Waals surface area contributed by atoms with Crippen LogP contribution in [0.5, 0.6) is 11.5 Å². The molecule has 0 spiro atoms. The van der Waals surface area contributed by atoms with E-state index in [0.29, 0.717) is 11.5 Å². The highest BCUT2D eigenvalue weighted by atomic mass is 19.3. The van der Waals surface area contributed by atoms with Gasteiger partial charge >= 0.3 is 0 Å². The first kappa shape index (κ1) is 12.5. The van der Waals surface area contributed by atoms with Gasteiger partial charge in [-0.2, -0.15) is 8.78 Å². The fourth-order valence-corrected chi connectivity index (χ4v) is 1.48. The Balaban J connectivity index is 2.14. The first-order valence-electron chi connectivity index (χ1n) is 5.44. The molecule has 2 rings (SSSR count). The third-order valence-electron chi connectivity index (χ3n) is 2.45. The highest BCUT2D eigenvalue weighted by Gasteiger charge is 2.30. The normalized spacial score (nSPS) is 11.3. The second kappa shape index (κ2) is 5.14. The molecule has 0 heterocycles. The van der Waals surface area contributed by atoms with Crippen molar-refractivity contribution in [2.75, 3.05) is 6.61 Å². The van der Waals surface area contributed by atoms with Gasteiger partial charge in [0.2, 0.25) is 0 Å². The minimum absolute atomic E-state index is 0.231. The molecule has 0 radical (unpaired) electrons. The van der Waals surface area contributed by atoms with E-state index in [2.05, 4.69) is 0 Å². The van der Waals surface area contributed by atoms with Gasteiger partial charge in [-0.1, -0.05) is 18.2 Å². The van der Waals surface area contributed by atoms with Gasteiger partial charge in [-0.05, 0) is 36.4 Å². The lowest BCUT2D eigenvalue weighted by atomic mass is 10.1. The highest BCUT2D eigenvalue weighted by molar-refractivity contribution is 5.34. The summed E-state index contributed by atoms with van der Waals surface area (Å²) in [4.78, 5) is 0. The Morgan fingerprint density at radius 2 is 1.44 bits per heavy atom. The van der Waals surface area contributed by atoms with Crippen molar-refractivity contribution in [3.8, 4) is 11.5 Å². The van der Waals surface area contributed by atoms with E-state index in [0.717, 1.165) is 0 Å². The largest absolute Gasteiger partial charge is 0.457 e. The quantitative estimate of drug-likeness (QED) is 0.899. The molecule has 0 amide bonds. The maximum Gasteiger partial charge on any atom is 0.295 e. The monoisotopic (exact) mass is 250 g/mol. The fraction of sp³-hybridized carbons (Fsp3) is 0.143. The van der Waals surface area contributed by atoms with Gasteiger partial charge in [-0.25, -0.2) is 0 Å². The Morgan fingerprint density at radius 3 is 2.00 bits per heavy atom. The third-order valence-corrected chi connectivity index (χ3v) is 2.45. The van der Waals surface area contributed by atoms with Crippen LogP contribution in [0.4, 0.5) is 8.78 Å². The first-order chi connectivity index (χ1) is 8.62. The summed E-state index contributed by atoms with van der Waals surface area (Å²) >= 11 is 0. The molecule has 0 atom stereocenters. The minimum atomic E-state index is -3.22. The fourth-order valence-electron chi connectivity index (χ4n) is 1.48. The van der Waals surface area contributed by atoms with Crippen LogP contribution in [0, 0.1) is 0 Å². The summed E-state index contributed by atoms with van der Waals surface area (Å²) < 4.78 is 31.8. The van der Waals surface area contributed by atoms with Crippen LogP contribution in [0.25, 0.3) is 0 Å². The lowest BCUT2D eigenvalue weighted by molar-refractivity contribution is -0.0556. The molecule has 2 nitrogen and oxygen atoms in total.